The normalized spacial score (nSPS) is 17.2. The second kappa shape index (κ2) is 5.85. The summed E-state index contributed by atoms with van der Waals surface area (Å²) >= 11 is 3.48. The number of carbonyl (C=O) groups is 1. The fourth-order valence-corrected chi connectivity index (χ4v) is 3.56. The zero-order valence-electron chi connectivity index (χ0n) is 12.6. The molecule has 4 rings (SSSR count). The van der Waals surface area contributed by atoms with Crippen molar-refractivity contribution in [1.29, 1.82) is 0 Å². The Morgan fingerprint density at radius 1 is 1.43 bits per heavy atom. The van der Waals surface area contributed by atoms with Gasteiger partial charge in [0, 0.05) is 51.8 Å². The van der Waals surface area contributed by atoms with Crippen molar-refractivity contribution in [2.24, 2.45) is 5.92 Å². The van der Waals surface area contributed by atoms with Crippen molar-refractivity contribution in [1.82, 2.24) is 19.9 Å². The number of halogens is 1. The van der Waals surface area contributed by atoms with E-state index in [1.807, 2.05) is 24.7 Å². The van der Waals surface area contributed by atoms with Gasteiger partial charge in [0.05, 0.1) is 12.9 Å². The Hall–Kier alpha value is -2.08. The van der Waals surface area contributed by atoms with Gasteiger partial charge in [-0.1, -0.05) is 15.9 Å². The molecule has 3 heterocycles. The van der Waals surface area contributed by atoms with E-state index in [9.17, 15) is 4.79 Å². The minimum Gasteiger partial charge on any atom is -0.357 e. The van der Waals surface area contributed by atoms with Crippen molar-refractivity contribution in [2.45, 2.75) is 25.9 Å². The summed E-state index contributed by atoms with van der Waals surface area (Å²) in [6.45, 7) is 1.40. The molecule has 0 bridgehead atoms. The molecule has 2 aromatic heterocycles. The number of H-pyrrole nitrogens is 1. The maximum absolute atomic E-state index is 12.4. The van der Waals surface area contributed by atoms with Crippen LogP contribution in [0, 0.1) is 5.92 Å². The molecular weight excluding hydrogens is 356 g/mol. The molecule has 118 valence electrons. The van der Waals surface area contributed by atoms with Crippen LogP contribution in [-0.4, -0.2) is 20.4 Å². The average Bonchev–Trinajstić information content (AvgIpc) is 3.17. The average molecular weight is 373 g/mol. The molecule has 0 spiro atoms. The van der Waals surface area contributed by atoms with Gasteiger partial charge in [0.1, 0.15) is 0 Å². The number of aromatic nitrogens is 3. The second-order valence-electron chi connectivity index (χ2n) is 6.01. The number of carbonyl (C=O) groups excluding carboxylic acids is 1. The Labute approximate surface area is 142 Å². The topological polar surface area (TPSA) is 62.7 Å². The van der Waals surface area contributed by atoms with Crippen molar-refractivity contribution in [2.75, 3.05) is 0 Å². The third kappa shape index (κ3) is 2.91. The van der Waals surface area contributed by atoms with E-state index in [2.05, 4.69) is 47.9 Å². The van der Waals surface area contributed by atoms with Gasteiger partial charge < -0.3 is 14.9 Å². The Morgan fingerprint density at radius 3 is 3.26 bits per heavy atom. The lowest BCUT2D eigenvalue weighted by molar-refractivity contribution is -0.125. The van der Waals surface area contributed by atoms with E-state index in [0.29, 0.717) is 6.54 Å². The Bertz CT molecular complexity index is 866. The van der Waals surface area contributed by atoms with Crippen molar-refractivity contribution in [3.63, 3.8) is 0 Å². The number of imidazole rings is 1. The molecule has 0 saturated carbocycles. The molecule has 23 heavy (non-hydrogen) atoms. The van der Waals surface area contributed by atoms with E-state index in [1.54, 1.807) is 0 Å². The zero-order valence-corrected chi connectivity index (χ0v) is 14.1. The quantitative estimate of drug-likeness (QED) is 0.742. The molecule has 0 fully saturated rings. The maximum Gasteiger partial charge on any atom is 0.223 e. The molecule has 1 aliphatic heterocycles. The monoisotopic (exact) mass is 372 g/mol. The van der Waals surface area contributed by atoms with Gasteiger partial charge in [0.25, 0.3) is 0 Å². The van der Waals surface area contributed by atoms with E-state index in [4.69, 9.17) is 0 Å². The molecule has 1 atom stereocenters. The Kier molecular flexibility index (Phi) is 3.69. The zero-order chi connectivity index (χ0) is 15.8. The van der Waals surface area contributed by atoms with E-state index < -0.39 is 0 Å². The van der Waals surface area contributed by atoms with Crippen LogP contribution in [0.3, 0.4) is 0 Å². The fourth-order valence-electron chi connectivity index (χ4n) is 3.18. The Balaban J connectivity index is 1.41. The molecule has 1 aromatic carbocycles. The molecule has 2 N–H and O–H groups in total. The van der Waals surface area contributed by atoms with Crippen LogP contribution in [0.4, 0.5) is 0 Å². The van der Waals surface area contributed by atoms with Gasteiger partial charge in [-0.25, -0.2) is 4.98 Å². The third-order valence-corrected chi connectivity index (χ3v) is 4.93. The highest BCUT2D eigenvalue weighted by molar-refractivity contribution is 9.10. The predicted octanol–water partition coefficient (Wildman–Crippen LogP) is 3.01. The lowest BCUT2D eigenvalue weighted by atomic mass is 9.95. The van der Waals surface area contributed by atoms with Crippen molar-refractivity contribution >= 4 is 32.7 Å². The highest BCUT2D eigenvalue weighted by Crippen LogP contribution is 2.22. The number of fused-ring (bicyclic) bond motifs is 2. The molecule has 3 aromatic rings. The van der Waals surface area contributed by atoms with Crippen LogP contribution in [0.1, 0.15) is 17.8 Å². The number of benzene rings is 1. The van der Waals surface area contributed by atoms with Gasteiger partial charge in [-0.2, -0.15) is 0 Å². The van der Waals surface area contributed by atoms with Gasteiger partial charge in [-0.15, -0.1) is 0 Å². The smallest absolute Gasteiger partial charge is 0.223 e. The van der Waals surface area contributed by atoms with Gasteiger partial charge in [-0.05, 0) is 30.7 Å². The standard InChI is InChI=1S/C17H17BrN4O/c18-13-1-2-16-12(5-13)6-14(21-16)8-20-17(23)11-3-4-22-10-19-9-15(22)7-11/h1-2,5-6,9-11,21H,3-4,7-8H2,(H,20,23). The van der Waals surface area contributed by atoms with Crippen LogP contribution in [0.5, 0.6) is 0 Å². The van der Waals surface area contributed by atoms with Crippen molar-refractivity contribution in [3.8, 4) is 0 Å². The first-order valence-electron chi connectivity index (χ1n) is 7.73. The summed E-state index contributed by atoms with van der Waals surface area (Å²) in [7, 11) is 0. The number of nitrogens with zero attached hydrogens (tertiary/aromatic N) is 2. The first-order chi connectivity index (χ1) is 11.2. The summed E-state index contributed by atoms with van der Waals surface area (Å²) in [4.78, 5) is 19.9. The number of rotatable bonds is 3. The first-order valence-corrected chi connectivity index (χ1v) is 8.52. The molecule has 6 heteroatoms. The molecule has 0 radical (unpaired) electrons. The highest BCUT2D eigenvalue weighted by Gasteiger charge is 2.24. The summed E-state index contributed by atoms with van der Waals surface area (Å²) in [5.41, 5.74) is 3.25. The highest BCUT2D eigenvalue weighted by atomic mass is 79.9. The van der Waals surface area contributed by atoms with Crippen LogP contribution in [0.25, 0.3) is 10.9 Å². The predicted molar refractivity (Wildman–Crippen MR) is 91.9 cm³/mol. The van der Waals surface area contributed by atoms with E-state index in [-0.39, 0.29) is 11.8 Å². The number of amides is 1. The molecule has 5 nitrogen and oxygen atoms in total. The van der Waals surface area contributed by atoms with Crippen molar-refractivity contribution < 1.29 is 4.79 Å². The van der Waals surface area contributed by atoms with E-state index >= 15 is 0 Å². The lowest BCUT2D eigenvalue weighted by Crippen LogP contribution is -2.34. The summed E-state index contributed by atoms with van der Waals surface area (Å²) in [6, 6.07) is 8.19. The number of hydrogen-bond donors (Lipinski definition) is 2. The van der Waals surface area contributed by atoms with Crippen LogP contribution < -0.4 is 5.32 Å². The van der Waals surface area contributed by atoms with Crippen LogP contribution in [0.2, 0.25) is 0 Å². The fraction of sp³-hybridized carbons (Fsp3) is 0.294. The van der Waals surface area contributed by atoms with Gasteiger partial charge in [0.2, 0.25) is 5.91 Å². The molecule has 0 aliphatic carbocycles. The van der Waals surface area contributed by atoms with Crippen molar-refractivity contribution in [3.05, 3.63) is 52.7 Å². The summed E-state index contributed by atoms with van der Waals surface area (Å²) < 4.78 is 3.18. The third-order valence-electron chi connectivity index (χ3n) is 4.43. The van der Waals surface area contributed by atoms with Gasteiger partial charge >= 0.3 is 0 Å². The van der Waals surface area contributed by atoms with E-state index in [0.717, 1.165) is 46.1 Å². The van der Waals surface area contributed by atoms with Gasteiger partial charge in [0.15, 0.2) is 0 Å². The van der Waals surface area contributed by atoms with Crippen LogP contribution >= 0.6 is 15.9 Å². The van der Waals surface area contributed by atoms with Crippen LogP contribution in [0.15, 0.2) is 41.3 Å². The second-order valence-corrected chi connectivity index (χ2v) is 6.93. The number of hydrogen-bond acceptors (Lipinski definition) is 2. The summed E-state index contributed by atoms with van der Waals surface area (Å²) in [5, 5.41) is 4.20. The molecule has 0 saturated heterocycles. The lowest BCUT2D eigenvalue weighted by Gasteiger charge is -2.22. The Morgan fingerprint density at radius 2 is 2.35 bits per heavy atom. The number of aromatic amines is 1. The molecule has 1 aliphatic rings. The van der Waals surface area contributed by atoms with Gasteiger partial charge in [-0.3, -0.25) is 4.79 Å². The molecular formula is C17H17BrN4O. The first kappa shape index (κ1) is 14.5. The number of aryl methyl sites for hydroxylation is 1. The van der Waals surface area contributed by atoms with Crippen LogP contribution in [-0.2, 0) is 24.3 Å². The molecule has 1 amide bonds. The minimum atomic E-state index is 0.0396. The maximum atomic E-state index is 12.4. The largest absolute Gasteiger partial charge is 0.357 e. The summed E-state index contributed by atoms with van der Waals surface area (Å²) in [5.74, 6) is 0.162. The minimum absolute atomic E-state index is 0.0396. The SMILES string of the molecule is O=C(NCc1cc2cc(Br)ccc2[nH]1)C1CCn2cncc2C1. The number of nitrogens with one attached hydrogen (secondary N) is 2. The van der Waals surface area contributed by atoms with E-state index in [1.165, 1.54) is 0 Å². The summed E-state index contributed by atoms with van der Waals surface area (Å²) in [6.07, 6.45) is 5.33. The molecule has 1 unspecified atom stereocenters.